The van der Waals surface area contributed by atoms with E-state index in [4.69, 9.17) is 22.8 Å². The van der Waals surface area contributed by atoms with E-state index in [-0.39, 0.29) is 46.2 Å². The molecule has 3 aromatic rings. The van der Waals surface area contributed by atoms with Gasteiger partial charge in [-0.3, -0.25) is 0 Å². The fourth-order valence-electron chi connectivity index (χ4n) is 2.43. The van der Waals surface area contributed by atoms with E-state index < -0.39 is 43.7 Å². The Labute approximate surface area is 147 Å². The summed E-state index contributed by atoms with van der Waals surface area (Å²) in [5.74, 6) is -0.143. The molecule has 0 bridgehead atoms. The summed E-state index contributed by atoms with van der Waals surface area (Å²) >= 11 is 0. The molecule has 0 radical (unpaired) electrons. The molecule has 122 valence electrons. The molecule has 0 aliphatic rings. The Hall–Kier alpha value is -2.18. The van der Waals surface area contributed by atoms with E-state index in [1.54, 1.807) is 0 Å². The zero-order chi connectivity index (χ0) is 24.4. The predicted octanol–water partition coefficient (Wildman–Crippen LogP) is 2.47. The standard InChI is InChI=1S/C17H22N4O2/c1-4-23-9-13-20-14-15(21(13)10-17(2,3)22)11-7-5-6-8-12(11)19-16(14)18/h5-8,22H,4,9-10H2,1-3H3,(H2,18,19)/i1D3,4D2,5D,6D,7D,8D. The van der Waals surface area contributed by atoms with Crippen molar-refractivity contribution < 1.29 is 22.2 Å². The average molecular weight is 323 g/mol. The van der Waals surface area contributed by atoms with Crippen molar-refractivity contribution in [1.82, 2.24) is 14.5 Å². The van der Waals surface area contributed by atoms with Gasteiger partial charge in [0, 0.05) is 16.1 Å². The van der Waals surface area contributed by atoms with Gasteiger partial charge in [0.15, 0.2) is 5.82 Å². The first-order valence-electron chi connectivity index (χ1n) is 11.4. The van der Waals surface area contributed by atoms with Gasteiger partial charge in [0.2, 0.25) is 0 Å². The van der Waals surface area contributed by atoms with Gasteiger partial charge >= 0.3 is 0 Å². The number of hydrogen-bond acceptors (Lipinski definition) is 5. The number of para-hydroxylation sites is 1. The quantitative estimate of drug-likeness (QED) is 0.753. The topological polar surface area (TPSA) is 86.2 Å². The number of rotatable bonds is 5. The van der Waals surface area contributed by atoms with E-state index in [9.17, 15) is 5.11 Å². The summed E-state index contributed by atoms with van der Waals surface area (Å²) in [5.41, 5.74) is 4.80. The van der Waals surface area contributed by atoms with Crippen LogP contribution in [0.25, 0.3) is 21.9 Å². The van der Waals surface area contributed by atoms with Crippen molar-refractivity contribution >= 4 is 27.8 Å². The van der Waals surface area contributed by atoms with Crippen LogP contribution in [0.5, 0.6) is 0 Å². The second-order valence-corrected chi connectivity index (χ2v) is 5.74. The van der Waals surface area contributed by atoms with Crippen LogP contribution < -0.4 is 5.73 Å². The van der Waals surface area contributed by atoms with Crippen molar-refractivity contribution in [2.75, 3.05) is 12.3 Å². The number of aliphatic hydroxyl groups is 1. The molecule has 0 amide bonds. The number of nitrogens with two attached hydrogens (primary N) is 1. The second kappa shape index (κ2) is 5.79. The molecule has 6 nitrogen and oxygen atoms in total. The summed E-state index contributed by atoms with van der Waals surface area (Å²) in [4.78, 5) is 8.38. The van der Waals surface area contributed by atoms with Gasteiger partial charge in [0.25, 0.3) is 0 Å². The second-order valence-electron chi connectivity index (χ2n) is 5.74. The van der Waals surface area contributed by atoms with Gasteiger partial charge in [-0.2, -0.15) is 0 Å². The van der Waals surface area contributed by atoms with Crippen LogP contribution in [0.4, 0.5) is 5.82 Å². The summed E-state index contributed by atoms with van der Waals surface area (Å²) in [6.07, 6.45) is 0. The van der Waals surface area contributed by atoms with Crippen LogP contribution in [0.15, 0.2) is 24.2 Å². The van der Waals surface area contributed by atoms with Crippen molar-refractivity contribution in [1.29, 1.82) is 0 Å². The minimum Gasteiger partial charge on any atom is -0.389 e. The molecule has 0 saturated carbocycles. The third-order valence-corrected chi connectivity index (χ3v) is 3.24. The first-order valence-corrected chi connectivity index (χ1v) is 6.87. The molecule has 3 N–H and O–H groups in total. The summed E-state index contributed by atoms with van der Waals surface area (Å²) in [7, 11) is 0. The lowest BCUT2D eigenvalue weighted by atomic mass is 10.1. The Balaban J connectivity index is 2.36. The molecule has 0 atom stereocenters. The maximum Gasteiger partial charge on any atom is 0.152 e. The zero-order valence-electron chi connectivity index (χ0n) is 21.7. The number of benzene rings is 1. The van der Waals surface area contributed by atoms with Crippen molar-refractivity contribution in [3.8, 4) is 0 Å². The van der Waals surface area contributed by atoms with Crippen LogP contribution in [-0.4, -0.2) is 31.8 Å². The number of imidazole rings is 1. The largest absolute Gasteiger partial charge is 0.389 e. The van der Waals surface area contributed by atoms with Crippen LogP contribution in [0.2, 0.25) is 0 Å². The van der Waals surface area contributed by atoms with Gasteiger partial charge in [-0.25, -0.2) is 9.97 Å². The molecule has 2 aromatic heterocycles. The number of nitrogens with zero attached hydrogens (tertiary/aromatic N) is 3. The summed E-state index contributed by atoms with van der Waals surface area (Å²) < 4.78 is 76.0. The number of aromatic nitrogens is 3. The minimum atomic E-state index is -3.06. The van der Waals surface area contributed by atoms with Gasteiger partial charge in [0.1, 0.15) is 17.9 Å². The van der Waals surface area contributed by atoms with E-state index in [2.05, 4.69) is 9.97 Å². The summed E-state index contributed by atoms with van der Waals surface area (Å²) in [5, 5.41) is 10.5. The fraction of sp³-hybridized carbons (Fsp3) is 0.412. The van der Waals surface area contributed by atoms with E-state index in [1.807, 2.05) is 0 Å². The van der Waals surface area contributed by atoms with Gasteiger partial charge in [-0.15, -0.1) is 0 Å². The van der Waals surface area contributed by atoms with Gasteiger partial charge in [-0.1, -0.05) is 18.1 Å². The van der Waals surface area contributed by atoms with E-state index in [0.717, 1.165) is 0 Å². The molecule has 3 rings (SSSR count). The maximum absolute atomic E-state index is 10.4. The molecule has 0 aliphatic carbocycles. The van der Waals surface area contributed by atoms with Gasteiger partial charge in [-0.05, 0) is 26.7 Å². The number of anilines is 1. The highest BCUT2D eigenvalue weighted by Gasteiger charge is 2.22. The third kappa shape index (κ3) is 3.00. The van der Waals surface area contributed by atoms with Crippen LogP contribution in [0.1, 0.15) is 38.9 Å². The van der Waals surface area contributed by atoms with Crippen LogP contribution in [0, 0.1) is 0 Å². The molecule has 1 aromatic carbocycles. The Kier molecular flexibility index (Phi) is 2.03. The number of fused-ring (bicyclic) bond motifs is 3. The van der Waals surface area contributed by atoms with Crippen molar-refractivity contribution in [2.45, 2.75) is 39.5 Å². The average Bonchev–Trinajstić information content (AvgIpc) is 2.99. The Morgan fingerprint density at radius 1 is 1.43 bits per heavy atom. The highest BCUT2D eigenvalue weighted by Crippen LogP contribution is 2.30. The minimum absolute atomic E-state index is 0.00339. The highest BCUT2D eigenvalue weighted by molar-refractivity contribution is 6.06. The number of ether oxygens (including phenoxy) is 1. The molecular weight excluding hydrogens is 292 g/mol. The molecule has 23 heavy (non-hydrogen) atoms. The van der Waals surface area contributed by atoms with Gasteiger partial charge in [0.05, 0.1) is 31.4 Å². The van der Waals surface area contributed by atoms with Gasteiger partial charge < -0.3 is 20.1 Å². The molecule has 0 fully saturated rings. The molecule has 0 saturated heterocycles. The lowest BCUT2D eigenvalue weighted by Crippen LogP contribution is -2.27. The molecule has 6 heteroatoms. The van der Waals surface area contributed by atoms with E-state index >= 15 is 0 Å². The lowest BCUT2D eigenvalue weighted by molar-refractivity contribution is 0.0582. The summed E-state index contributed by atoms with van der Waals surface area (Å²) in [6, 6.07) is -1.78. The highest BCUT2D eigenvalue weighted by atomic mass is 16.5. The van der Waals surface area contributed by atoms with Crippen LogP contribution >= 0.6 is 0 Å². The SMILES string of the molecule is [2H]c1c([2H])c([2H])c2c(nc(N)c3nc(COC([2H])([2H])C([2H])([2H])[2H])n(CC(C)(C)O)c32)c1[2H]. The Morgan fingerprint density at radius 3 is 2.96 bits per heavy atom. The van der Waals surface area contributed by atoms with Crippen molar-refractivity contribution in [2.24, 2.45) is 0 Å². The van der Waals surface area contributed by atoms with E-state index in [1.165, 1.54) is 18.4 Å². The van der Waals surface area contributed by atoms with Crippen LogP contribution in [0.3, 0.4) is 0 Å². The smallest absolute Gasteiger partial charge is 0.152 e. The summed E-state index contributed by atoms with van der Waals surface area (Å²) in [6.45, 7) is -3.81. The molecular formula is C17H22N4O2. The first kappa shape index (κ1) is 8.08. The predicted molar refractivity (Wildman–Crippen MR) is 91.1 cm³/mol. The zero-order valence-corrected chi connectivity index (χ0v) is 12.7. The molecule has 0 spiro atoms. The molecule has 0 aliphatic heterocycles. The third-order valence-electron chi connectivity index (χ3n) is 3.24. The normalized spacial score (nSPS) is 19.2. The first-order chi connectivity index (χ1) is 14.5. The molecule has 0 unspecified atom stereocenters. The Morgan fingerprint density at radius 2 is 2.22 bits per heavy atom. The van der Waals surface area contributed by atoms with Crippen LogP contribution in [-0.2, 0) is 17.9 Å². The maximum atomic E-state index is 10.4. The Bertz CT molecular complexity index is 1220. The monoisotopic (exact) mass is 323 g/mol. The van der Waals surface area contributed by atoms with E-state index in [0.29, 0.717) is 0 Å². The lowest BCUT2D eigenvalue weighted by Gasteiger charge is -2.20. The van der Waals surface area contributed by atoms with Crippen molar-refractivity contribution in [3.63, 3.8) is 0 Å². The number of pyridine rings is 1. The fourth-order valence-corrected chi connectivity index (χ4v) is 2.43. The van der Waals surface area contributed by atoms with Crippen molar-refractivity contribution in [3.05, 3.63) is 30.0 Å². The number of nitrogen functional groups attached to an aromatic ring is 1. The number of hydrogen-bond donors (Lipinski definition) is 2. The molecule has 2 heterocycles.